The predicted molar refractivity (Wildman–Crippen MR) is 83.5 cm³/mol. The molecule has 0 unspecified atom stereocenters. The van der Waals surface area contributed by atoms with E-state index in [4.69, 9.17) is 4.74 Å². The number of H-pyrrole nitrogens is 1. The van der Waals surface area contributed by atoms with Crippen LogP contribution >= 0.6 is 0 Å². The van der Waals surface area contributed by atoms with Crippen LogP contribution in [0.15, 0.2) is 29.1 Å². The number of carbonyl (C=O) groups excluding carboxylic acids is 1. The second-order valence-corrected chi connectivity index (χ2v) is 6.43. The third-order valence-electron chi connectivity index (χ3n) is 3.14. The van der Waals surface area contributed by atoms with Gasteiger partial charge in [-0.1, -0.05) is 26.8 Å². The van der Waals surface area contributed by atoms with Gasteiger partial charge in [-0.3, -0.25) is 4.79 Å². The average Bonchev–Trinajstić information content (AvgIpc) is 2.77. The molecule has 0 bridgehead atoms. The highest BCUT2D eigenvalue weighted by atomic mass is 16.5. The standard InChI is InChI=1S/C16H21N3O3/c1-16(2,3)10-12(20)9-14-17-18-15(21)19(14)11-6-5-7-13(8-11)22-4/h5-8H,9-10H2,1-4H3,(H,18,21). The summed E-state index contributed by atoms with van der Waals surface area (Å²) in [5.74, 6) is 1.10. The Morgan fingerprint density at radius 2 is 2.09 bits per heavy atom. The van der Waals surface area contributed by atoms with E-state index in [1.165, 1.54) is 4.57 Å². The number of benzene rings is 1. The van der Waals surface area contributed by atoms with Crippen LogP contribution in [-0.2, 0) is 11.2 Å². The van der Waals surface area contributed by atoms with Gasteiger partial charge in [-0.25, -0.2) is 14.5 Å². The van der Waals surface area contributed by atoms with Crippen molar-refractivity contribution in [3.8, 4) is 11.4 Å². The van der Waals surface area contributed by atoms with Crippen LogP contribution in [0.1, 0.15) is 33.0 Å². The molecule has 1 aromatic heterocycles. The van der Waals surface area contributed by atoms with Gasteiger partial charge in [-0.05, 0) is 17.5 Å². The van der Waals surface area contributed by atoms with Crippen LogP contribution in [-0.4, -0.2) is 27.7 Å². The number of aromatic nitrogens is 3. The van der Waals surface area contributed by atoms with Crippen molar-refractivity contribution in [2.24, 2.45) is 5.41 Å². The number of ketones is 1. The molecule has 0 spiro atoms. The quantitative estimate of drug-likeness (QED) is 0.918. The molecule has 0 saturated carbocycles. The minimum absolute atomic E-state index is 0.0515. The van der Waals surface area contributed by atoms with Crippen LogP contribution in [0.5, 0.6) is 5.75 Å². The van der Waals surface area contributed by atoms with E-state index in [2.05, 4.69) is 10.2 Å². The van der Waals surface area contributed by atoms with Crippen molar-refractivity contribution < 1.29 is 9.53 Å². The summed E-state index contributed by atoms with van der Waals surface area (Å²) in [5, 5.41) is 6.39. The number of hydrogen-bond acceptors (Lipinski definition) is 4. The molecule has 0 aliphatic rings. The number of ether oxygens (including phenoxy) is 1. The Morgan fingerprint density at radius 3 is 2.73 bits per heavy atom. The highest BCUT2D eigenvalue weighted by Crippen LogP contribution is 2.20. The van der Waals surface area contributed by atoms with Gasteiger partial charge in [0.25, 0.3) is 0 Å². The Kier molecular flexibility index (Phi) is 4.49. The van der Waals surface area contributed by atoms with Crippen LogP contribution in [0.2, 0.25) is 0 Å². The number of rotatable bonds is 5. The third-order valence-corrected chi connectivity index (χ3v) is 3.14. The molecule has 0 fully saturated rings. The van der Waals surface area contributed by atoms with E-state index in [0.29, 0.717) is 23.7 Å². The molecule has 0 saturated heterocycles. The number of carbonyl (C=O) groups is 1. The largest absolute Gasteiger partial charge is 0.497 e. The fraction of sp³-hybridized carbons (Fsp3) is 0.438. The van der Waals surface area contributed by atoms with Gasteiger partial charge in [0.05, 0.1) is 19.2 Å². The lowest BCUT2D eigenvalue weighted by Gasteiger charge is -2.16. The lowest BCUT2D eigenvalue weighted by atomic mass is 9.89. The van der Waals surface area contributed by atoms with Crippen molar-refractivity contribution in [1.29, 1.82) is 0 Å². The lowest BCUT2D eigenvalue weighted by molar-refractivity contribution is -0.120. The van der Waals surface area contributed by atoms with E-state index in [1.54, 1.807) is 31.4 Å². The molecule has 6 nitrogen and oxygen atoms in total. The fourth-order valence-corrected chi connectivity index (χ4v) is 2.29. The van der Waals surface area contributed by atoms with Crippen molar-refractivity contribution in [3.05, 3.63) is 40.6 Å². The van der Waals surface area contributed by atoms with Crippen LogP contribution < -0.4 is 10.4 Å². The summed E-state index contributed by atoms with van der Waals surface area (Å²) in [4.78, 5) is 24.1. The second kappa shape index (κ2) is 6.17. The molecular weight excluding hydrogens is 282 g/mol. The van der Waals surface area contributed by atoms with Crippen molar-refractivity contribution in [1.82, 2.24) is 14.8 Å². The Bertz CT molecular complexity index is 723. The Hall–Kier alpha value is -2.37. The van der Waals surface area contributed by atoms with E-state index in [1.807, 2.05) is 20.8 Å². The molecule has 118 valence electrons. The summed E-state index contributed by atoms with van der Waals surface area (Å²) >= 11 is 0. The number of nitrogens with one attached hydrogen (secondary N) is 1. The number of Topliss-reactive ketones (excluding diaryl/α,β-unsaturated/α-hetero) is 1. The monoisotopic (exact) mass is 303 g/mol. The summed E-state index contributed by atoms with van der Waals surface area (Å²) in [6.45, 7) is 6.01. The second-order valence-electron chi connectivity index (χ2n) is 6.43. The molecule has 6 heteroatoms. The highest BCUT2D eigenvalue weighted by Gasteiger charge is 2.19. The molecule has 1 heterocycles. The maximum absolute atomic E-state index is 12.2. The Balaban J connectivity index is 2.32. The van der Waals surface area contributed by atoms with Crippen LogP contribution in [0.4, 0.5) is 0 Å². The predicted octanol–water partition coefficient (Wildman–Crippen LogP) is 2.12. The summed E-state index contributed by atoms with van der Waals surface area (Å²) in [5.41, 5.74) is 0.164. The zero-order valence-electron chi connectivity index (χ0n) is 13.3. The normalized spacial score (nSPS) is 11.5. The average molecular weight is 303 g/mol. The first-order valence-corrected chi connectivity index (χ1v) is 7.12. The van der Waals surface area contributed by atoms with Gasteiger partial charge in [-0.2, -0.15) is 5.10 Å². The zero-order valence-corrected chi connectivity index (χ0v) is 13.3. The maximum Gasteiger partial charge on any atom is 0.347 e. The van der Waals surface area contributed by atoms with Gasteiger partial charge in [0.1, 0.15) is 17.4 Å². The maximum atomic E-state index is 12.2. The first kappa shape index (κ1) is 16.0. The van der Waals surface area contributed by atoms with Gasteiger partial charge in [0.15, 0.2) is 0 Å². The zero-order chi connectivity index (χ0) is 16.3. The van der Waals surface area contributed by atoms with Gasteiger partial charge < -0.3 is 4.74 Å². The first-order valence-electron chi connectivity index (χ1n) is 7.12. The minimum atomic E-state index is -0.369. The van der Waals surface area contributed by atoms with Crippen molar-refractivity contribution in [2.45, 2.75) is 33.6 Å². The SMILES string of the molecule is COc1cccc(-n2c(CC(=O)CC(C)(C)C)n[nH]c2=O)c1. The Labute approximate surface area is 129 Å². The summed E-state index contributed by atoms with van der Waals surface area (Å²) in [7, 11) is 1.56. The summed E-state index contributed by atoms with van der Waals surface area (Å²) < 4.78 is 6.57. The number of nitrogens with zero attached hydrogens (tertiary/aromatic N) is 2. The molecule has 1 aromatic carbocycles. The van der Waals surface area contributed by atoms with E-state index in [0.717, 1.165) is 0 Å². The van der Waals surface area contributed by atoms with Crippen molar-refractivity contribution in [3.63, 3.8) is 0 Å². The highest BCUT2D eigenvalue weighted by molar-refractivity contribution is 5.80. The number of hydrogen-bond donors (Lipinski definition) is 1. The van der Waals surface area contributed by atoms with E-state index < -0.39 is 0 Å². The molecule has 22 heavy (non-hydrogen) atoms. The molecule has 2 rings (SSSR count). The molecule has 1 N–H and O–H groups in total. The van der Waals surface area contributed by atoms with Crippen molar-refractivity contribution >= 4 is 5.78 Å². The molecule has 0 amide bonds. The third kappa shape index (κ3) is 3.84. The van der Waals surface area contributed by atoms with Gasteiger partial charge in [0, 0.05) is 12.5 Å². The van der Waals surface area contributed by atoms with E-state index in [9.17, 15) is 9.59 Å². The van der Waals surface area contributed by atoms with Crippen LogP contribution in [0.25, 0.3) is 5.69 Å². The smallest absolute Gasteiger partial charge is 0.347 e. The molecular formula is C16H21N3O3. The Morgan fingerprint density at radius 1 is 1.36 bits per heavy atom. The molecule has 0 aliphatic carbocycles. The number of methoxy groups -OCH3 is 1. The van der Waals surface area contributed by atoms with Crippen LogP contribution in [0, 0.1) is 5.41 Å². The van der Waals surface area contributed by atoms with E-state index in [-0.39, 0.29) is 23.3 Å². The van der Waals surface area contributed by atoms with Gasteiger partial charge >= 0.3 is 5.69 Å². The molecule has 0 atom stereocenters. The summed E-state index contributed by atoms with van der Waals surface area (Å²) in [6, 6.07) is 7.08. The molecule has 0 radical (unpaired) electrons. The molecule has 2 aromatic rings. The number of aromatic amines is 1. The summed E-state index contributed by atoms with van der Waals surface area (Å²) in [6.07, 6.45) is 0.555. The molecule has 0 aliphatic heterocycles. The fourth-order valence-electron chi connectivity index (χ4n) is 2.29. The van der Waals surface area contributed by atoms with E-state index >= 15 is 0 Å². The van der Waals surface area contributed by atoms with Gasteiger partial charge in [-0.15, -0.1) is 0 Å². The lowest BCUT2D eigenvalue weighted by Crippen LogP contribution is -2.20. The van der Waals surface area contributed by atoms with Crippen molar-refractivity contribution in [2.75, 3.05) is 7.11 Å². The van der Waals surface area contributed by atoms with Crippen LogP contribution in [0.3, 0.4) is 0 Å². The minimum Gasteiger partial charge on any atom is -0.497 e. The topological polar surface area (TPSA) is 77.0 Å². The van der Waals surface area contributed by atoms with Gasteiger partial charge in [0.2, 0.25) is 0 Å². The first-order chi connectivity index (χ1) is 10.3.